The van der Waals surface area contributed by atoms with Crippen molar-refractivity contribution >= 4 is 46.0 Å². The van der Waals surface area contributed by atoms with Gasteiger partial charge in [0.2, 0.25) is 5.91 Å². The summed E-state index contributed by atoms with van der Waals surface area (Å²) < 4.78 is 19.1. The summed E-state index contributed by atoms with van der Waals surface area (Å²) in [6.07, 6.45) is 0. The molecule has 0 aliphatic carbocycles. The molecule has 1 aromatic carbocycles. The molecule has 2 heterocycles. The van der Waals surface area contributed by atoms with Crippen LogP contribution in [-0.2, 0) is 14.3 Å². The molecule has 2 amide bonds. The molecular weight excluding hydrogens is 391 g/mol. The van der Waals surface area contributed by atoms with Crippen LogP contribution in [0.2, 0.25) is 5.02 Å². The Bertz CT molecular complexity index is 925. The Hall–Kier alpha value is -2.38. The summed E-state index contributed by atoms with van der Waals surface area (Å²) in [5, 5.41) is 4.67. The smallest absolute Gasteiger partial charge is 0.262 e. The van der Waals surface area contributed by atoms with E-state index < -0.39 is 17.3 Å². The monoisotopic (exact) mass is 408 g/mol. The first-order chi connectivity index (χ1) is 12.7. The van der Waals surface area contributed by atoms with Crippen molar-refractivity contribution in [1.82, 2.24) is 4.90 Å². The van der Waals surface area contributed by atoms with Crippen molar-refractivity contribution in [2.45, 2.75) is 26.3 Å². The quantitative estimate of drug-likeness (QED) is 0.810. The van der Waals surface area contributed by atoms with E-state index in [1.807, 2.05) is 17.5 Å². The van der Waals surface area contributed by atoms with Gasteiger partial charge in [-0.25, -0.2) is 4.39 Å². The van der Waals surface area contributed by atoms with Crippen molar-refractivity contribution in [1.29, 1.82) is 0 Å². The minimum Gasteiger partial charge on any atom is -0.477 e. The van der Waals surface area contributed by atoms with Crippen LogP contribution in [0.3, 0.4) is 0 Å². The summed E-state index contributed by atoms with van der Waals surface area (Å²) in [6, 6.07) is 7.36. The minimum absolute atomic E-state index is 0.0587. The highest BCUT2D eigenvalue weighted by molar-refractivity contribution is 7.11. The molecule has 0 spiro atoms. The molecule has 142 valence electrons. The molecule has 8 heteroatoms. The predicted molar refractivity (Wildman–Crippen MR) is 104 cm³/mol. The second kappa shape index (κ2) is 7.32. The second-order valence-electron chi connectivity index (χ2n) is 6.55. The Morgan fingerprint density at radius 3 is 2.78 bits per heavy atom. The van der Waals surface area contributed by atoms with Gasteiger partial charge in [0, 0.05) is 4.88 Å². The molecule has 1 aromatic heterocycles. The van der Waals surface area contributed by atoms with Gasteiger partial charge >= 0.3 is 0 Å². The van der Waals surface area contributed by atoms with E-state index in [-0.39, 0.29) is 23.3 Å². The normalized spacial score (nSPS) is 15.0. The second-order valence-corrected chi connectivity index (χ2v) is 7.91. The zero-order valence-electron chi connectivity index (χ0n) is 15.0. The van der Waals surface area contributed by atoms with Crippen LogP contribution in [0, 0.1) is 5.82 Å². The largest absolute Gasteiger partial charge is 0.477 e. The van der Waals surface area contributed by atoms with Gasteiger partial charge in [0.15, 0.2) is 6.73 Å². The maximum absolute atomic E-state index is 13.5. The molecule has 27 heavy (non-hydrogen) atoms. The number of nitrogens with zero attached hydrogens (tertiary/aromatic N) is 1. The van der Waals surface area contributed by atoms with Gasteiger partial charge < -0.3 is 10.1 Å². The standard InChI is InChI=1S/C19H18ClFN2O3S/c1-11-16(15-5-4-8-27-15)17(24)23(10-26-11)19(2,3)18(25)22-14-9-12(21)6-7-13(14)20/h4-9H,10H2,1-3H3,(H,22,25). The molecule has 0 unspecified atom stereocenters. The fraction of sp³-hybridized carbons (Fsp3) is 0.263. The lowest BCUT2D eigenvalue weighted by molar-refractivity contribution is -0.147. The lowest BCUT2D eigenvalue weighted by Crippen LogP contribution is -2.57. The van der Waals surface area contributed by atoms with Crippen molar-refractivity contribution in [3.05, 3.63) is 57.2 Å². The van der Waals surface area contributed by atoms with E-state index in [1.165, 1.54) is 28.4 Å². The van der Waals surface area contributed by atoms with E-state index in [0.29, 0.717) is 11.3 Å². The number of rotatable bonds is 4. The number of amides is 2. The highest BCUT2D eigenvalue weighted by Crippen LogP contribution is 2.33. The van der Waals surface area contributed by atoms with E-state index in [9.17, 15) is 14.0 Å². The third-order valence-electron chi connectivity index (χ3n) is 4.40. The highest BCUT2D eigenvalue weighted by atomic mass is 35.5. The fourth-order valence-corrected chi connectivity index (χ4v) is 3.66. The van der Waals surface area contributed by atoms with E-state index in [0.717, 1.165) is 10.9 Å². The van der Waals surface area contributed by atoms with Crippen molar-refractivity contribution in [2.75, 3.05) is 12.0 Å². The third-order valence-corrected chi connectivity index (χ3v) is 5.61. The molecule has 0 saturated carbocycles. The third kappa shape index (κ3) is 3.70. The van der Waals surface area contributed by atoms with Crippen LogP contribution >= 0.6 is 22.9 Å². The summed E-state index contributed by atoms with van der Waals surface area (Å²) in [7, 11) is 0. The van der Waals surface area contributed by atoms with Crippen LogP contribution in [0.15, 0.2) is 41.5 Å². The number of ether oxygens (including phenoxy) is 1. The molecule has 0 radical (unpaired) electrons. The summed E-state index contributed by atoms with van der Waals surface area (Å²) >= 11 is 7.44. The molecule has 0 bridgehead atoms. The van der Waals surface area contributed by atoms with Crippen LogP contribution in [0.4, 0.5) is 10.1 Å². The van der Waals surface area contributed by atoms with Crippen molar-refractivity contribution in [3.8, 4) is 0 Å². The summed E-state index contributed by atoms with van der Waals surface area (Å²) in [4.78, 5) is 28.1. The van der Waals surface area contributed by atoms with Crippen LogP contribution in [0.5, 0.6) is 0 Å². The molecule has 1 aliphatic rings. The topological polar surface area (TPSA) is 58.6 Å². The maximum Gasteiger partial charge on any atom is 0.262 e. The zero-order valence-corrected chi connectivity index (χ0v) is 16.6. The van der Waals surface area contributed by atoms with Crippen molar-refractivity contribution in [2.24, 2.45) is 0 Å². The number of halogens is 2. The number of benzene rings is 1. The number of anilines is 1. The molecule has 2 aromatic rings. The predicted octanol–water partition coefficient (Wildman–Crippen LogP) is 4.51. The van der Waals surface area contributed by atoms with Crippen LogP contribution < -0.4 is 5.32 Å². The number of thiophene rings is 1. The number of nitrogens with one attached hydrogen (secondary N) is 1. The lowest BCUT2D eigenvalue weighted by atomic mass is 9.99. The Labute approximate surface area is 165 Å². The Balaban J connectivity index is 1.87. The number of carbonyl (C=O) groups excluding carboxylic acids is 2. The van der Waals surface area contributed by atoms with Gasteiger partial charge in [-0.3, -0.25) is 14.5 Å². The zero-order chi connectivity index (χ0) is 19.8. The molecule has 3 rings (SSSR count). The van der Waals surface area contributed by atoms with Gasteiger partial charge in [-0.2, -0.15) is 0 Å². The van der Waals surface area contributed by atoms with Crippen molar-refractivity contribution < 1.29 is 18.7 Å². The van der Waals surface area contributed by atoms with Crippen molar-refractivity contribution in [3.63, 3.8) is 0 Å². The number of carbonyl (C=O) groups is 2. The van der Waals surface area contributed by atoms with Gasteiger partial charge in [0.25, 0.3) is 5.91 Å². The van der Waals surface area contributed by atoms with Gasteiger partial charge in [0.05, 0.1) is 16.3 Å². The molecule has 1 N–H and O–H groups in total. The molecule has 0 atom stereocenters. The lowest BCUT2D eigenvalue weighted by Gasteiger charge is -2.40. The van der Waals surface area contributed by atoms with E-state index in [1.54, 1.807) is 20.8 Å². The van der Waals surface area contributed by atoms with Crippen LogP contribution in [-0.4, -0.2) is 29.0 Å². The summed E-state index contributed by atoms with van der Waals surface area (Å²) in [5.74, 6) is -0.810. The van der Waals surface area contributed by atoms with Crippen LogP contribution in [0.1, 0.15) is 25.6 Å². The SMILES string of the molecule is CC1=C(c2cccs2)C(=O)N(C(C)(C)C(=O)Nc2cc(F)ccc2Cl)CO1. The average molecular weight is 409 g/mol. The Morgan fingerprint density at radius 2 is 2.11 bits per heavy atom. The molecule has 5 nitrogen and oxygen atoms in total. The molecule has 0 saturated heterocycles. The number of hydrogen-bond donors (Lipinski definition) is 1. The maximum atomic E-state index is 13.5. The van der Waals surface area contributed by atoms with Gasteiger partial charge in [-0.1, -0.05) is 17.7 Å². The number of allylic oxidation sites excluding steroid dienone is 1. The summed E-state index contributed by atoms with van der Waals surface area (Å²) in [6.45, 7) is 4.87. The molecule has 0 fully saturated rings. The van der Waals surface area contributed by atoms with Gasteiger partial charge in [-0.05, 0) is 50.4 Å². The van der Waals surface area contributed by atoms with E-state index >= 15 is 0 Å². The van der Waals surface area contributed by atoms with Crippen LogP contribution in [0.25, 0.3) is 5.57 Å². The first-order valence-corrected chi connectivity index (χ1v) is 9.43. The van der Waals surface area contributed by atoms with E-state index in [2.05, 4.69) is 5.32 Å². The first kappa shape index (κ1) is 19.4. The van der Waals surface area contributed by atoms with Gasteiger partial charge in [-0.15, -0.1) is 11.3 Å². The van der Waals surface area contributed by atoms with Gasteiger partial charge in [0.1, 0.15) is 17.1 Å². The average Bonchev–Trinajstić information content (AvgIpc) is 3.12. The Morgan fingerprint density at radius 1 is 1.37 bits per heavy atom. The van der Waals surface area contributed by atoms with E-state index in [4.69, 9.17) is 16.3 Å². The Kier molecular flexibility index (Phi) is 5.26. The molecule has 1 aliphatic heterocycles. The summed E-state index contributed by atoms with van der Waals surface area (Å²) in [5.41, 5.74) is -0.679. The molecular formula is C19H18ClFN2O3S. The minimum atomic E-state index is -1.25. The highest BCUT2D eigenvalue weighted by Gasteiger charge is 2.42. The first-order valence-electron chi connectivity index (χ1n) is 8.18. The number of hydrogen-bond acceptors (Lipinski definition) is 4. The fourth-order valence-electron chi connectivity index (χ4n) is 2.68.